The molecule has 30 heavy (non-hydrogen) atoms. The number of carbonyl (C=O) groups is 1. The third kappa shape index (κ3) is 5.25. The van der Waals surface area contributed by atoms with Crippen LogP contribution in [0.5, 0.6) is 5.75 Å². The molecule has 1 aromatic heterocycles. The number of hydrogen-bond donors (Lipinski definition) is 1. The fourth-order valence-corrected chi connectivity index (χ4v) is 5.75. The van der Waals surface area contributed by atoms with E-state index in [1.165, 1.54) is 15.6 Å². The Kier molecular flexibility index (Phi) is 6.35. The highest BCUT2D eigenvalue weighted by Crippen LogP contribution is 2.39. The smallest absolute Gasteiger partial charge is 0.269 e. The first-order chi connectivity index (χ1) is 13.8. The van der Waals surface area contributed by atoms with Gasteiger partial charge in [-0.15, -0.1) is 10.2 Å². The number of sulfonamides is 1. The van der Waals surface area contributed by atoms with Gasteiger partial charge in [-0.3, -0.25) is 14.4 Å². The third-order valence-corrected chi connectivity index (χ3v) is 7.43. The van der Waals surface area contributed by atoms with Gasteiger partial charge in [-0.25, -0.2) is 8.42 Å². The second-order valence-corrected chi connectivity index (χ2v) is 13.1. The highest BCUT2D eigenvalue weighted by Gasteiger charge is 2.36. The Balaban J connectivity index is 1.85. The molecule has 1 atom stereocenters. The molecule has 1 aliphatic heterocycles. The van der Waals surface area contributed by atoms with Crippen LogP contribution >= 0.6 is 23.1 Å². The lowest BCUT2D eigenvalue weighted by Gasteiger charge is -2.35. The van der Waals surface area contributed by atoms with Gasteiger partial charge in [0, 0.05) is 5.25 Å². The van der Waals surface area contributed by atoms with Gasteiger partial charge in [0.1, 0.15) is 5.75 Å². The summed E-state index contributed by atoms with van der Waals surface area (Å²) in [7, 11) is -3.61. The average Bonchev–Trinajstić information content (AvgIpc) is 3.04. The van der Waals surface area contributed by atoms with E-state index in [1.54, 1.807) is 17.8 Å². The third-order valence-electron chi connectivity index (χ3n) is 4.36. The number of fused-ring (bicyclic) bond motifs is 1. The average molecular weight is 471 g/mol. The molecule has 3 rings (SSSR count). The van der Waals surface area contributed by atoms with Crippen molar-refractivity contribution in [1.82, 2.24) is 10.2 Å². The van der Waals surface area contributed by atoms with Crippen molar-refractivity contribution in [3.05, 3.63) is 23.8 Å². The van der Waals surface area contributed by atoms with Crippen molar-refractivity contribution in [2.75, 3.05) is 22.4 Å². The molecule has 8 nitrogen and oxygen atoms in total. The van der Waals surface area contributed by atoms with Gasteiger partial charge in [0.15, 0.2) is 10.4 Å². The van der Waals surface area contributed by atoms with Gasteiger partial charge in [-0.1, -0.05) is 63.8 Å². The molecule has 0 bridgehead atoms. The molecule has 1 amide bonds. The molecule has 0 unspecified atom stereocenters. The Morgan fingerprint density at radius 2 is 2.03 bits per heavy atom. The largest absolute Gasteiger partial charge is 0.476 e. The summed E-state index contributed by atoms with van der Waals surface area (Å²) in [4.78, 5) is 12.8. The van der Waals surface area contributed by atoms with E-state index in [2.05, 4.69) is 15.5 Å². The first-order valence-corrected chi connectivity index (χ1v) is 13.0. The number of thioether (sulfide) groups is 1. The second-order valence-electron chi connectivity index (χ2n) is 8.36. The lowest BCUT2D eigenvalue weighted by Crippen LogP contribution is -2.48. The van der Waals surface area contributed by atoms with Crippen molar-refractivity contribution in [1.29, 1.82) is 0 Å². The van der Waals surface area contributed by atoms with Crippen molar-refractivity contribution >= 4 is 49.8 Å². The van der Waals surface area contributed by atoms with E-state index in [0.717, 1.165) is 16.2 Å². The fraction of sp³-hybridized carbons (Fsp3) is 0.526. The van der Waals surface area contributed by atoms with Crippen molar-refractivity contribution in [2.45, 2.75) is 55.7 Å². The zero-order valence-electron chi connectivity index (χ0n) is 17.8. The minimum absolute atomic E-state index is 0.113. The normalized spacial score (nSPS) is 16.9. The van der Waals surface area contributed by atoms with Crippen molar-refractivity contribution < 1.29 is 17.9 Å². The van der Waals surface area contributed by atoms with Crippen LogP contribution in [0, 0.1) is 0 Å². The molecule has 2 heterocycles. The number of anilines is 2. The monoisotopic (exact) mass is 470 g/mol. The predicted molar refractivity (Wildman–Crippen MR) is 121 cm³/mol. The first kappa shape index (κ1) is 22.8. The molecule has 0 fully saturated rings. The van der Waals surface area contributed by atoms with E-state index >= 15 is 0 Å². The lowest BCUT2D eigenvalue weighted by atomic mass is 9.86. The van der Waals surface area contributed by atoms with Gasteiger partial charge in [-0.2, -0.15) is 0 Å². The SMILES string of the molecule is CC(C)Sc1nnc(NC(=O)[C@@H]2CN(S(C)(=O)=O)c3cc(C(C)(C)C)ccc3O2)s1. The van der Waals surface area contributed by atoms with Crippen LogP contribution in [-0.2, 0) is 20.2 Å². The number of nitrogens with zero attached hydrogens (tertiary/aromatic N) is 3. The zero-order valence-corrected chi connectivity index (χ0v) is 20.2. The molecule has 0 aliphatic carbocycles. The summed E-state index contributed by atoms with van der Waals surface area (Å²) < 4.78 is 32.8. The molecule has 164 valence electrons. The summed E-state index contributed by atoms with van der Waals surface area (Å²) >= 11 is 2.83. The molecule has 1 N–H and O–H groups in total. The molecule has 11 heteroatoms. The topological polar surface area (TPSA) is 101 Å². The van der Waals surface area contributed by atoms with Crippen molar-refractivity contribution in [3.8, 4) is 5.75 Å². The van der Waals surface area contributed by atoms with Gasteiger partial charge in [0.05, 0.1) is 18.5 Å². The molecular weight excluding hydrogens is 444 g/mol. The number of hydrogen-bond acceptors (Lipinski definition) is 8. The molecule has 0 radical (unpaired) electrons. The van der Waals surface area contributed by atoms with Gasteiger partial charge < -0.3 is 4.74 Å². The number of rotatable bonds is 5. The molecule has 1 aliphatic rings. The highest BCUT2D eigenvalue weighted by atomic mass is 32.2. The quantitative estimate of drug-likeness (QED) is 0.527. The predicted octanol–water partition coefficient (Wildman–Crippen LogP) is 3.50. The van der Waals surface area contributed by atoms with Crippen LogP contribution in [0.15, 0.2) is 22.5 Å². The molecular formula is C19H26N4O4S3. The van der Waals surface area contributed by atoms with E-state index in [1.807, 2.05) is 46.8 Å². The van der Waals surface area contributed by atoms with Crippen LogP contribution in [0.25, 0.3) is 0 Å². The molecule has 1 aromatic carbocycles. The van der Waals surface area contributed by atoms with E-state index in [4.69, 9.17) is 4.74 Å². The van der Waals surface area contributed by atoms with Crippen LogP contribution in [0.4, 0.5) is 10.8 Å². The van der Waals surface area contributed by atoms with Gasteiger partial charge >= 0.3 is 0 Å². The minimum Gasteiger partial charge on any atom is -0.476 e. The summed E-state index contributed by atoms with van der Waals surface area (Å²) in [5, 5.41) is 11.4. The van der Waals surface area contributed by atoms with E-state index in [-0.39, 0.29) is 12.0 Å². The molecule has 2 aromatic rings. The van der Waals surface area contributed by atoms with Crippen LogP contribution < -0.4 is 14.4 Å². The second kappa shape index (κ2) is 8.35. The van der Waals surface area contributed by atoms with E-state index < -0.39 is 22.0 Å². The van der Waals surface area contributed by atoms with Crippen molar-refractivity contribution in [3.63, 3.8) is 0 Å². The molecule has 0 saturated carbocycles. The fourth-order valence-electron chi connectivity index (χ4n) is 2.86. The van der Waals surface area contributed by atoms with Gasteiger partial charge in [-0.05, 0) is 23.1 Å². The molecule has 0 spiro atoms. The van der Waals surface area contributed by atoms with Crippen LogP contribution in [0.1, 0.15) is 40.2 Å². The summed E-state index contributed by atoms with van der Waals surface area (Å²) in [6.07, 6.45) is 0.124. The maximum atomic E-state index is 12.8. The number of benzene rings is 1. The summed E-state index contributed by atoms with van der Waals surface area (Å²) in [5.41, 5.74) is 1.27. The maximum Gasteiger partial charge on any atom is 0.269 e. The number of nitrogens with one attached hydrogen (secondary N) is 1. The maximum absolute atomic E-state index is 12.8. The standard InChI is InChI=1S/C19H26N4O4S3/c1-11(2)28-18-22-21-17(29-18)20-16(24)15-10-23(30(6,25)26)13-9-12(19(3,4)5)7-8-14(13)27-15/h7-9,11,15H,10H2,1-6H3,(H,20,21,24)/t15-/m0/s1. The summed E-state index contributed by atoms with van der Waals surface area (Å²) in [6, 6.07) is 5.42. The highest BCUT2D eigenvalue weighted by molar-refractivity contribution is 8.01. The van der Waals surface area contributed by atoms with Crippen LogP contribution in [-0.4, -0.2) is 48.7 Å². The number of aromatic nitrogens is 2. The Labute approximate surface area is 185 Å². The Bertz CT molecular complexity index is 1040. The Morgan fingerprint density at radius 1 is 1.33 bits per heavy atom. The van der Waals surface area contributed by atoms with Gasteiger partial charge in [0.25, 0.3) is 5.91 Å². The first-order valence-electron chi connectivity index (χ1n) is 9.44. The Hall–Kier alpha value is -1.85. The molecule has 0 saturated heterocycles. The Morgan fingerprint density at radius 3 is 2.63 bits per heavy atom. The van der Waals surface area contributed by atoms with Crippen LogP contribution in [0.3, 0.4) is 0 Å². The van der Waals surface area contributed by atoms with E-state index in [0.29, 0.717) is 21.8 Å². The lowest BCUT2D eigenvalue weighted by molar-refractivity contribution is -0.122. The van der Waals surface area contributed by atoms with Crippen molar-refractivity contribution in [2.24, 2.45) is 0 Å². The number of amides is 1. The summed E-state index contributed by atoms with van der Waals surface area (Å²) in [6.45, 7) is 10.1. The van der Waals surface area contributed by atoms with Crippen LogP contribution in [0.2, 0.25) is 0 Å². The van der Waals surface area contributed by atoms with E-state index in [9.17, 15) is 13.2 Å². The zero-order chi connectivity index (χ0) is 22.3. The van der Waals surface area contributed by atoms with Gasteiger partial charge in [0.2, 0.25) is 15.2 Å². The number of carbonyl (C=O) groups excluding carboxylic acids is 1. The summed E-state index contributed by atoms with van der Waals surface area (Å²) in [5.74, 6) is -0.111. The number of ether oxygens (including phenoxy) is 1. The minimum atomic E-state index is -3.61.